The summed E-state index contributed by atoms with van der Waals surface area (Å²) in [4.78, 5) is 0. The van der Waals surface area contributed by atoms with E-state index in [0.717, 1.165) is 59.2 Å². The molecule has 0 saturated heterocycles. The van der Waals surface area contributed by atoms with Crippen molar-refractivity contribution in [2.45, 2.75) is 64.2 Å². The molecule has 0 amide bonds. The summed E-state index contributed by atoms with van der Waals surface area (Å²) in [5.74, 6) is 11.2. The molecule has 6 aliphatic rings. The van der Waals surface area contributed by atoms with Gasteiger partial charge in [-0.25, -0.2) is 0 Å². The molecule has 0 radical (unpaired) electrons. The van der Waals surface area contributed by atoms with Crippen molar-refractivity contribution < 1.29 is 0 Å². The van der Waals surface area contributed by atoms with Crippen LogP contribution in [0.5, 0.6) is 0 Å². The molecule has 5 saturated carbocycles. The topological polar surface area (TPSA) is 0 Å². The van der Waals surface area contributed by atoms with E-state index in [1.54, 1.807) is 64.2 Å². The Morgan fingerprint density at radius 2 is 1.23 bits per heavy atom. The molecule has 0 heterocycles. The minimum atomic E-state index is 1.01. The number of fused-ring (bicyclic) bond motifs is 10. The second-order valence-electron chi connectivity index (χ2n) is 9.97. The van der Waals surface area contributed by atoms with Gasteiger partial charge in [0.1, 0.15) is 0 Å². The van der Waals surface area contributed by atoms with E-state index in [0.29, 0.717) is 0 Å². The molecule has 0 aliphatic heterocycles. The molecule has 120 valence electrons. The van der Waals surface area contributed by atoms with Gasteiger partial charge in [-0.3, -0.25) is 0 Å². The Balaban J connectivity index is 1.28. The highest BCUT2D eigenvalue weighted by molar-refractivity contribution is 5.21. The number of allylic oxidation sites excluding steroid dienone is 2. The molecule has 0 aromatic rings. The smallest absolute Gasteiger partial charge is 0.0194 e. The minimum Gasteiger partial charge on any atom is -0.0848 e. The minimum absolute atomic E-state index is 1.01. The van der Waals surface area contributed by atoms with Crippen LogP contribution in [0.3, 0.4) is 0 Å². The predicted octanol–water partition coefficient (Wildman–Crippen LogP) is 5.69. The van der Waals surface area contributed by atoms with Crippen LogP contribution in [-0.2, 0) is 0 Å². The molecule has 22 heavy (non-hydrogen) atoms. The molecular weight excluding hydrogens is 264 g/mol. The van der Waals surface area contributed by atoms with Gasteiger partial charge in [-0.2, -0.15) is 0 Å². The monoisotopic (exact) mass is 296 g/mol. The molecule has 4 bridgehead atoms. The molecule has 0 nitrogen and oxygen atoms in total. The van der Waals surface area contributed by atoms with Gasteiger partial charge in [0, 0.05) is 0 Å². The molecule has 0 spiro atoms. The molecule has 5 fully saturated rings. The van der Waals surface area contributed by atoms with Gasteiger partial charge >= 0.3 is 0 Å². The van der Waals surface area contributed by atoms with E-state index in [9.17, 15) is 0 Å². The molecule has 6 aliphatic carbocycles. The molecule has 10 unspecified atom stereocenters. The van der Waals surface area contributed by atoms with Crippen LogP contribution in [0.1, 0.15) is 64.2 Å². The SMILES string of the molecule is C1=CC2CC1C1C3CC(C4CCCC5CCCCC54)C(C3)C21. The van der Waals surface area contributed by atoms with Gasteiger partial charge in [0.2, 0.25) is 0 Å². The van der Waals surface area contributed by atoms with Gasteiger partial charge in [-0.05, 0) is 91.3 Å². The van der Waals surface area contributed by atoms with E-state index >= 15 is 0 Å². The van der Waals surface area contributed by atoms with Crippen molar-refractivity contribution in [1.29, 1.82) is 0 Å². The Bertz CT molecular complexity index is 488. The van der Waals surface area contributed by atoms with Crippen LogP contribution < -0.4 is 0 Å². The molecule has 0 aromatic heterocycles. The van der Waals surface area contributed by atoms with Crippen molar-refractivity contribution in [3.05, 3.63) is 12.2 Å². The van der Waals surface area contributed by atoms with Crippen LogP contribution >= 0.6 is 0 Å². The Labute approximate surface area is 136 Å². The van der Waals surface area contributed by atoms with Crippen molar-refractivity contribution in [2.75, 3.05) is 0 Å². The lowest BCUT2D eigenvalue weighted by molar-refractivity contribution is 0.0158. The maximum Gasteiger partial charge on any atom is -0.0194 e. The second kappa shape index (κ2) is 4.64. The zero-order valence-electron chi connectivity index (χ0n) is 14.0. The summed E-state index contributed by atoms with van der Waals surface area (Å²) in [7, 11) is 0. The normalized spacial score (nSPS) is 61.5. The van der Waals surface area contributed by atoms with Gasteiger partial charge < -0.3 is 0 Å². The molecular formula is C22H32. The van der Waals surface area contributed by atoms with Crippen molar-refractivity contribution in [1.82, 2.24) is 0 Å². The van der Waals surface area contributed by atoms with Gasteiger partial charge in [-0.15, -0.1) is 0 Å². The maximum atomic E-state index is 2.63. The van der Waals surface area contributed by atoms with Crippen LogP contribution in [0, 0.1) is 59.2 Å². The Hall–Kier alpha value is -0.260. The van der Waals surface area contributed by atoms with E-state index in [-0.39, 0.29) is 0 Å². The first-order valence-corrected chi connectivity index (χ1v) is 10.6. The second-order valence-corrected chi connectivity index (χ2v) is 9.97. The number of hydrogen-bond acceptors (Lipinski definition) is 0. The fourth-order valence-electron chi connectivity index (χ4n) is 9.08. The van der Waals surface area contributed by atoms with Gasteiger partial charge in [-0.1, -0.05) is 44.3 Å². The standard InChI is InChI=1S/C22H32/c1-2-6-17-13(4-1)5-3-7-18(17)19-11-16-12-20(19)22-15-9-8-14(10-15)21(16)22/h8-9,13-22H,1-7,10-12H2. The molecule has 0 aromatic carbocycles. The van der Waals surface area contributed by atoms with Crippen LogP contribution in [0.15, 0.2) is 12.2 Å². The Kier molecular flexibility index (Phi) is 2.76. The predicted molar refractivity (Wildman–Crippen MR) is 90.2 cm³/mol. The number of rotatable bonds is 1. The Morgan fingerprint density at radius 3 is 2.18 bits per heavy atom. The fourth-order valence-corrected chi connectivity index (χ4v) is 9.08. The van der Waals surface area contributed by atoms with Crippen LogP contribution in [-0.4, -0.2) is 0 Å². The third-order valence-electron chi connectivity index (χ3n) is 9.50. The number of hydrogen-bond donors (Lipinski definition) is 0. The summed E-state index contributed by atoms with van der Waals surface area (Å²) in [6, 6.07) is 0. The van der Waals surface area contributed by atoms with Crippen molar-refractivity contribution in [3.63, 3.8) is 0 Å². The van der Waals surface area contributed by atoms with Crippen molar-refractivity contribution in [3.8, 4) is 0 Å². The first-order valence-electron chi connectivity index (χ1n) is 10.6. The summed E-state index contributed by atoms with van der Waals surface area (Å²) in [5.41, 5.74) is 0. The molecule has 0 heteroatoms. The van der Waals surface area contributed by atoms with Crippen LogP contribution in [0.2, 0.25) is 0 Å². The molecule has 0 N–H and O–H groups in total. The first kappa shape index (κ1) is 13.1. The third kappa shape index (κ3) is 1.60. The van der Waals surface area contributed by atoms with Crippen molar-refractivity contribution >= 4 is 0 Å². The highest BCUT2D eigenvalue weighted by Gasteiger charge is 2.62. The average Bonchev–Trinajstić information content (AvgIpc) is 3.32. The largest absolute Gasteiger partial charge is 0.0848 e. The quantitative estimate of drug-likeness (QED) is 0.431. The van der Waals surface area contributed by atoms with Gasteiger partial charge in [0.05, 0.1) is 0 Å². The Morgan fingerprint density at radius 1 is 0.500 bits per heavy atom. The zero-order valence-corrected chi connectivity index (χ0v) is 14.0. The van der Waals surface area contributed by atoms with E-state index in [4.69, 9.17) is 0 Å². The van der Waals surface area contributed by atoms with E-state index in [1.165, 1.54) is 0 Å². The van der Waals surface area contributed by atoms with E-state index in [2.05, 4.69) is 12.2 Å². The summed E-state index contributed by atoms with van der Waals surface area (Å²) in [5, 5.41) is 0. The van der Waals surface area contributed by atoms with Crippen molar-refractivity contribution in [2.24, 2.45) is 59.2 Å². The lowest BCUT2D eigenvalue weighted by atomic mass is 9.57. The summed E-state index contributed by atoms with van der Waals surface area (Å²) >= 11 is 0. The highest BCUT2D eigenvalue weighted by Crippen LogP contribution is 2.69. The van der Waals surface area contributed by atoms with Crippen LogP contribution in [0.25, 0.3) is 0 Å². The van der Waals surface area contributed by atoms with Crippen LogP contribution in [0.4, 0.5) is 0 Å². The lowest BCUT2D eigenvalue weighted by Crippen LogP contribution is -2.41. The molecule has 6 rings (SSSR count). The average molecular weight is 296 g/mol. The summed E-state index contributed by atoms with van der Waals surface area (Å²) < 4.78 is 0. The van der Waals surface area contributed by atoms with Gasteiger partial charge in [0.15, 0.2) is 0 Å². The fraction of sp³-hybridized carbons (Fsp3) is 0.909. The third-order valence-corrected chi connectivity index (χ3v) is 9.50. The van der Waals surface area contributed by atoms with E-state index in [1.807, 2.05) is 0 Å². The van der Waals surface area contributed by atoms with E-state index < -0.39 is 0 Å². The zero-order chi connectivity index (χ0) is 14.3. The molecule has 10 atom stereocenters. The summed E-state index contributed by atoms with van der Waals surface area (Å²) in [6.45, 7) is 0. The maximum absolute atomic E-state index is 2.63. The highest BCUT2D eigenvalue weighted by atomic mass is 14.7. The summed E-state index contributed by atoms with van der Waals surface area (Å²) in [6.07, 6.45) is 21.1. The lowest BCUT2D eigenvalue weighted by Gasteiger charge is -2.48. The first-order chi connectivity index (χ1) is 10.9. The van der Waals surface area contributed by atoms with Gasteiger partial charge in [0.25, 0.3) is 0 Å².